The Morgan fingerprint density at radius 3 is 2.50 bits per heavy atom. The van der Waals surface area contributed by atoms with Gasteiger partial charge in [0.1, 0.15) is 0 Å². The summed E-state index contributed by atoms with van der Waals surface area (Å²) >= 11 is 0. The van der Waals surface area contributed by atoms with Crippen molar-refractivity contribution in [3.8, 4) is 0 Å². The van der Waals surface area contributed by atoms with E-state index in [1.807, 2.05) is 6.21 Å². The molecule has 1 aliphatic rings. The van der Waals surface area contributed by atoms with Crippen molar-refractivity contribution in [2.24, 2.45) is 4.99 Å². The van der Waals surface area contributed by atoms with E-state index in [1.165, 1.54) is 22.4 Å². The van der Waals surface area contributed by atoms with E-state index in [-0.39, 0.29) is 5.54 Å². The van der Waals surface area contributed by atoms with Gasteiger partial charge in [-0.15, -0.1) is 0 Å². The molecule has 2 heteroatoms. The zero-order chi connectivity index (χ0) is 14.8. The molecule has 0 aliphatic heterocycles. The summed E-state index contributed by atoms with van der Waals surface area (Å²) in [6.45, 7) is 6.36. The molecule has 1 aromatic rings. The highest BCUT2D eigenvalue weighted by molar-refractivity contribution is 5.90. The summed E-state index contributed by atoms with van der Waals surface area (Å²) in [5, 5.41) is 0. The largest absolute Gasteiger partial charge is 0.377 e. The van der Waals surface area contributed by atoms with Gasteiger partial charge in [0.15, 0.2) is 0 Å². The fourth-order valence-corrected chi connectivity index (χ4v) is 2.31. The Morgan fingerprint density at radius 2 is 1.85 bits per heavy atom. The van der Waals surface area contributed by atoms with E-state index in [0.717, 1.165) is 6.42 Å². The fourth-order valence-electron chi connectivity index (χ4n) is 2.31. The van der Waals surface area contributed by atoms with E-state index in [1.54, 1.807) is 0 Å². The van der Waals surface area contributed by atoms with Crippen LogP contribution in [0.3, 0.4) is 0 Å². The Labute approximate surface area is 122 Å². The average molecular weight is 268 g/mol. The van der Waals surface area contributed by atoms with Crippen LogP contribution in [-0.4, -0.2) is 30.7 Å². The average Bonchev–Trinajstić information content (AvgIpc) is 2.85. The Morgan fingerprint density at radius 1 is 1.15 bits per heavy atom. The first-order chi connectivity index (χ1) is 9.38. The second-order valence-corrected chi connectivity index (χ2v) is 6.38. The summed E-state index contributed by atoms with van der Waals surface area (Å²) in [5.74, 6) is 0. The molecule has 2 rings (SSSR count). The van der Waals surface area contributed by atoms with Crippen LogP contribution in [0, 0.1) is 0 Å². The minimum absolute atomic E-state index is 0.0419. The molecule has 0 fully saturated rings. The second-order valence-electron chi connectivity index (χ2n) is 6.38. The molecule has 0 saturated heterocycles. The monoisotopic (exact) mass is 268 g/mol. The van der Waals surface area contributed by atoms with Crippen molar-refractivity contribution >= 4 is 11.8 Å². The quantitative estimate of drug-likeness (QED) is 0.752. The molecule has 0 saturated carbocycles. The first-order valence-corrected chi connectivity index (χ1v) is 7.10. The maximum atomic E-state index is 4.65. The number of hydrogen-bond acceptors (Lipinski definition) is 2. The van der Waals surface area contributed by atoms with Crippen molar-refractivity contribution in [2.45, 2.75) is 32.7 Å². The number of rotatable bonds is 3. The Balaban J connectivity index is 2.44. The van der Waals surface area contributed by atoms with Crippen LogP contribution >= 0.6 is 0 Å². The van der Waals surface area contributed by atoms with E-state index < -0.39 is 0 Å². The van der Waals surface area contributed by atoms with Crippen molar-refractivity contribution in [3.05, 3.63) is 53.2 Å². The van der Waals surface area contributed by atoms with Crippen LogP contribution in [0.1, 0.15) is 38.3 Å². The van der Waals surface area contributed by atoms with E-state index in [9.17, 15) is 0 Å². The SMILES string of the molecule is CN(C)C1=C(c2ccccc2C=NC(C)(C)C)CC=C1. The zero-order valence-corrected chi connectivity index (χ0v) is 13.1. The number of likely N-dealkylation sites (N-methyl/N-ethyl adjacent to an activating group) is 1. The van der Waals surface area contributed by atoms with Crippen molar-refractivity contribution in [3.63, 3.8) is 0 Å². The van der Waals surface area contributed by atoms with Gasteiger partial charge in [0.25, 0.3) is 0 Å². The minimum atomic E-state index is -0.0419. The molecule has 0 heterocycles. The Hall–Kier alpha value is -1.83. The molecule has 0 bridgehead atoms. The fraction of sp³-hybridized carbons (Fsp3) is 0.389. The number of hydrogen-bond donors (Lipinski definition) is 0. The highest BCUT2D eigenvalue weighted by atomic mass is 15.1. The highest BCUT2D eigenvalue weighted by Crippen LogP contribution is 2.31. The van der Waals surface area contributed by atoms with Gasteiger partial charge in [-0.25, -0.2) is 0 Å². The summed E-state index contributed by atoms with van der Waals surface area (Å²) in [7, 11) is 4.19. The van der Waals surface area contributed by atoms with E-state index >= 15 is 0 Å². The van der Waals surface area contributed by atoms with E-state index in [2.05, 4.69) is 81.2 Å². The number of nitrogens with zero attached hydrogens (tertiary/aromatic N) is 2. The maximum Gasteiger partial charge on any atom is 0.0524 e. The summed E-state index contributed by atoms with van der Waals surface area (Å²) in [5.41, 5.74) is 5.11. The maximum absolute atomic E-state index is 4.65. The van der Waals surface area contributed by atoms with Gasteiger partial charge in [0, 0.05) is 26.0 Å². The van der Waals surface area contributed by atoms with Gasteiger partial charge in [-0.2, -0.15) is 0 Å². The van der Waals surface area contributed by atoms with Gasteiger partial charge >= 0.3 is 0 Å². The van der Waals surface area contributed by atoms with Crippen LogP contribution in [0.15, 0.2) is 47.1 Å². The molecule has 0 unspecified atom stereocenters. The molecular formula is C18H24N2. The molecule has 106 valence electrons. The van der Waals surface area contributed by atoms with Crippen LogP contribution in [0.25, 0.3) is 5.57 Å². The molecular weight excluding hydrogens is 244 g/mol. The molecule has 20 heavy (non-hydrogen) atoms. The summed E-state index contributed by atoms with van der Waals surface area (Å²) in [6, 6.07) is 8.51. The highest BCUT2D eigenvalue weighted by Gasteiger charge is 2.15. The lowest BCUT2D eigenvalue weighted by atomic mass is 9.98. The standard InChI is InChI=1S/C18H24N2/c1-18(2,3)19-13-14-9-6-7-10-15(14)16-11-8-12-17(16)20(4)5/h6-10,12-13H,11H2,1-5H3. The number of allylic oxidation sites excluding steroid dienone is 3. The van der Waals surface area contributed by atoms with E-state index in [4.69, 9.17) is 0 Å². The van der Waals surface area contributed by atoms with Gasteiger partial charge < -0.3 is 4.90 Å². The normalized spacial score (nSPS) is 15.4. The number of benzene rings is 1. The lowest BCUT2D eigenvalue weighted by Crippen LogP contribution is -2.11. The van der Waals surface area contributed by atoms with Crippen LogP contribution in [0.5, 0.6) is 0 Å². The molecule has 0 N–H and O–H groups in total. The van der Waals surface area contributed by atoms with Crippen molar-refractivity contribution < 1.29 is 0 Å². The zero-order valence-electron chi connectivity index (χ0n) is 13.1. The molecule has 1 aromatic carbocycles. The third kappa shape index (κ3) is 3.38. The van der Waals surface area contributed by atoms with Crippen LogP contribution in [0.2, 0.25) is 0 Å². The van der Waals surface area contributed by atoms with Gasteiger partial charge in [-0.1, -0.05) is 30.3 Å². The molecule has 1 aliphatic carbocycles. The van der Waals surface area contributed by atoms with Crippen LogP contribution in [-0.2, 0) is 0 Å². The predicted molar refractivity (Wildman–Crippen MR) is 88.2 cm³/mol. The first-order valence-electron chi connectivity index (χ1n) is 7.10. The van der Waals surface area contributed by atoms with Gasteiger partial charge in [0.05, 0.1) is 5.54 Å². The number of aliphatic imine (C=N–C) groups is 1. The molecule has 0 radical (unpaired) electrons. The second kappa shape index (κ2) is 5.66. The molecule has 0 aromatic heterocycles. The topological polar surface area (TPSA) is 15.6 Å². The molecule has 2 nitrogen and oxygen atoms in total. The summed E-state index contributed by atoms with van der Waals surface area (Å²) in [4.78, 5) is 6.82. The van der Waals surface area contributed by atoms with E-state index in [0.29, 0.717) is 0 Å². The predicted octanol–water partition coefficient (Wildman–Crippen LogP) is 4.14. The van der Waals surface area contributed by atoms with Crippen molar-refractivity contribution in [1.29, 1.82) is 0 Å². The smallest absolute Gasteiger partial charge is 0.0524 e. The lowest BCUT2D eigenvalue weighted by Gasteiger charge is -2.17. The molecule has 0 atom stereocenters. The summed E-state index contributed by atoms with van der Waals surface area (Å²) in [6.07, 6.45) is 7.43. The Kier molecular flexibility index (Phi) is 4.12. The van der Waals surface area contributed by atoms with Gasteiger partial charge in [0.2, 0.25) is 0 Å². The first kappa shape index (κ1) is 14.6. The van der Waals surface area contributed by atoms with Crippen molar-refractivity contribution in [2.75, 3.05) is 14.1 Å². The van der Waals surface area contributed by atoms with Crippen molar-refractivity contribution in [1.82, 2.24) is 4.90 Å². The van der Waals surface area contributed by atoms with Gasteiger partial charge in [-0.3, -0.25) is 4.99 Å². The van der Waals surface area contributed by atoms with Gasteiger partial charge in [-0.05, 0) is 50.0 Å². The third-order valence-corrected chi connectivity index (χ3v) is 3.27. The summed E-state index contributed by atoms with van der Waals surface area (Å²) < 4.78 is 0. The van der Waals surface area contributed by atoms with Crippen LogP contribution < -0.4 is 0 Å². The molecule has 0 amide bonds. The molecule has 0 spiro atoms. The third-order valence-electron chi connectivity index (χ3n) is 3.27. The minimum Gasteiger partial charge on any atom is -0.377 e. The van der Waals surface area contributed by atoms with Crippen LogP contribution in [0.4, 0.5) is 0 Å². The Bertz CT molecular complexity index is 569. The lowest BCUT2D eigenvalue weighted by molar-refractivity contribution is 0.533.